The lowest BCUT2D eigenvalue weighted by molar-refractivity contribution is -0.384. The fraction of sp³-hybridized carbons (Fsp3) is 0.0400. The molecule has 0 aliphatic heterocycles. The predicted molar refractivity (Wildman–Crippen MR) is 135 cm³/mol. The highest BCUT2D eigenvalue weighted by Gasteiger charge is 2.09. The lowest BCUT2D eigenvalue weighted by Gasteiger charge is -2.06. The molecule has 0 bridgehead atoms. The van der Waals surface area contributed by atoms with E-state index in [2.05, 4.69) is 15.8 Å². The number of nitrogens with one attached hydrogen (secondary N) is 2. The Morgan fingerprint density at radius 1 is 1.06 bits per heavy atom. The first kappa shape index (κ1) is 25.8. The van der Waals surface area contributed by atoms with Gasteiger partial charge in [0.15, 0.2) is 0 Å². The number of ether oxygens (including phenoxy) is 1. The van der Waals surface area contributed by atoms with Crippen molar-refractivity contribution in [1.82, 2.24) is 5.43 Å². The molecule has 36 heavy (non-hydrogen) atoms. The van der Waals surface area contributed by atoms with Crippen molar-refractivity contribution in [2.75, 3.05) is 5.32 Å². The molecule has 10 nitrogen and oxygen atoms in total. The number of nitrogens with zero attached hydrogens (tertiary/aromatic N) is 2. The highest BCUT2D eigenvalue weighted by molar-refractivity contribution is 6.31. The van der Waals surface area contributed by atoms with Crippen molar-refractivity contribution in [1.29, 1.82) is 0 Å². The lowest BCUT2D eigenvalue weighted by atomic mass is 10.2. The van der Waals surface area contributed by atoms with E-state index >= 15 is 0 Å². The third-order valence-corrected chi connectivity index (χ3v) is 4.75. The van der Waals surface area contributed by atoms with Crippen molar-refractivity contribution in [3.05, 3.63) is 105 Å². The normalized spacial score (nSPS) is 10.8. The maximum Gasteiger partial charge on any atom is 0.336 e. The maximum atomic E-state index is 12.3. The minimum atomic E-state index is -0.734. The fourth-order valence-corrected chi connectivity index (χ4v) is 3.08. The van der Waals surface area contributed by atoms with Crippen LogP contribution in [0.5, 0.6) is 5.75 Å². The number of halogens is 1. The van der Waals surface area contributed by atoms with Crippen molar-refractivity contribution >= 4 is 53.0 Å². The Morgan fingerprint density at radius 3 is 2.50 bits per heavy atom. The summed E-state index contributed by atoms with van der Waals surface area (Å²) in [5, 5.41) is 17.7. The smallest absolute Gasteiger partial charge is 0.336 e. The zero-order valence-electron chi connectivity index (χ0n) is 18.8. The number of hydrazone groups is 1. The molecule has 3 aromatic rings. The van der Waals surface area contributed by atoms with Crippen molar-refractivity contribution in [2.24, 2.45) is 5.10 Å². The number of non-ortho nitro benzene ring substituents is 1. The largest absolute Gasteiger partial charge is 0.423 e. The molecule has 0 unspecified atom stereocenters. The van der Waals surface area contributed by atoms with Crippen molar-refractivity contribution in [3.63, 3.8) is 0 Å². The Hall–Kier alpha value is -4.83. The number of esters is 1. The number of carbonyl (C=O) groups excluding carboxylic acids is 3. The van der Waals surface area contributed by atoms with E-state index in [4.69, 9.17) is 16.3 Å². The first-order chi connectivity index (χ1) is 17.2. The lowest BCUT2D eigenvalue weighted by Crippen LogP contribution is -2.17. The molecule has 0 saturated carbocycles. The van der Waals surface area contributed by atoms with E-state index in [1.807, 2.05) is 0 Å². The topological polar surface area (TPSA) is 140 Å². The second-order valence-corrected chi connectivity index (χ2v) is 7.68. The standard InChI is InChI=1S/C25H19ClN4O6/c1-16(31)28-21-9-6-18(7-10-21)25(33)29-27-15-19-14-20(26)8-11-23(19)36-24(32)12-5-17-3-2-4-22(13-17)30(34)35/h2-15H,1H3,(H,28,31)(H,29,33)/b12-5+,27-15+. The van der Waals surface area contributed by atoms with Crippen LogP contribution in [0.3, 0.4) is 0 Å². The van der Waals surface area contributed by atoms with Gasteiger partial charge in [0.1, 0.15) is 5.75 Å². The number of hydrogen-bond acceptors (Lipinski definition) is 7. The summed E-state index contributed by atoms with van der Waals surface area (Å²) in [7, 11) is 0. The highest BCUT2D eigenvalue weighted by atomic mass is 35.5. The molecule has 0 atom stereocenters. The number of hydrogen-bond donors (Lipinski definition) is 2. The van der Waals surface area contributed by atoms with Crippen LogP contribution >= 0.6 is 11.6 Å². The molecule has 0 aliphatic rings. The van der Waals surface area contributed by atoms with Gasteiger partial charge in [-0.15, -0.1) is 0 Å². The molecule has 2 N–H and O–H groups in total. The number of amides is 2. The van der Waals surface area contributed by atoms with Crippen molar-refractivity contribution in [3.8, 4) is 5.75 Å². The summed E-state index contributed by atoms with van der Waals surface area (Å²) in [5.74, 6) is -1.33. The number of nitro benzene ring substituents is 1. The summed E-state index contributed by atoms with van der Waals surface area (Å²) in [5.41, 5.74) is 3.89. The Kier molecular flexibility index (Phi) is 8.63. The summed E-state index contributed by atoms with van der Waals surface area (Å²) in [6, 6.07) is 16.4. The molecule has 0 radical (unpaired) electrons. The minimum absolute atomic E-state index is 0.104. The van der Waals surface area contributed by atoms with Gasteiger partial charge in [0.05, 0.1) is 11.1 Å². The molecule has 0 fully saturated rings. The number of carbonyl (C=O) groups is 3. The van der Waals surface area contributed by atoms with Crippen LogP contribution < -0.4 is 15.5 Å². The van der Waals surface area contributed by atoms with Crippen molar-refractivity contribution < 1.29 is 24.0 Å². The molecule has 0 saturated heterocycles. The molecular formula is C25H19ClN4O6. The maximum absolute atomic E-state index is 12.3. The number of nitro groups is 1. The van der Waals surface area contributed by atoms with Gasteiger partial charge < -0.3 is 10.1 Å². The SMILES string of the molecule is CC(=O)Nc1ccc(C(=O)N/N=C/c2cc(Cl)ccc2OC(=O)/C=C/c2cccc([N+](=O)[O-])c2)cc1. The molecule has 2 amide bonds. The van der Waals surface area contributed by atoms with Gasteiger partial charge in [-0.3, -0.25) is 19.7 Å². The van der Waals surface area contributed by atoms with Crippen LogP contribution in [0.15, 0.2) is 77.9 Å². The summed E-state index contributed by atoms with van der Waals surface area (Å²) >= 11 is 6.03. The zero-order chi connectivity index (χ0) is 26.1. The third kappa shape index (κ3) is 7.61. The van der Waals surface area contributed by atoms with Gasteiger partial charge in [0, 0.05) is 47.0 Å². The molecule has 3 aromatic carbocycles. The minimum Gasteiger partial charge on any atom is -0.423 e. The van der Waals surface area contributed by atoms with Gasteiger partial charge in [-0.2, -0.15) is 5.10 Å². The first-order valence-electron chi connectivity index (χ1n) is 10.4. The quantitative estimate of drug-likeness (QED) is 0.114. The Bertz CT molecular complexity index is 1370. The first-order valence-corrected chi connectivity index (χ1v) is 10.7. The van der Waals surface area contributed by atoms with Crippen LogP contribution in [-0.4, -0.2) is 28.9 Å². The van der Waals surface area contributed by atoms with E-state index < -0.39 is 16.8 Å². The van der Waals surface area contributed by atoms with Crippen LogP contribution in [-0.2, 0) is 9.59 Å². The summed E-state index contributed by atoms with van der Waals surface area (Å²) in [6.45, 7) is 1.38. The monoisotopic (exact) mass is 506 g/mol. The van der Waals surface area contributed by atoms with Gasteiger partial charge >= 0.3 is 5.97 Å². The number of benzene rings is 3. The second-order valence-electron chi connectivity index (χ2n) is 7.25. The Morgan fingerprint density at radius 2 is 1.81 bits per heavy atom. The summed E-state index contributed by atoms with van der Waals surface area (Å²) in [6.07, 6.45) is 3.78. The zero-order valence-corrected chi connectivity index (χ0v) is 19.6. The van der Waals surface area contributed by atoms with Gasteiger partial charge in [-0.25, -0.2) is 10.2 Å². The molecule has 11 heteroatoms. The molecule has 0 spiro atoms. The fourth-order valence-electron chi connectivity index (χ4n) is 2.90. The van der Waals surface area contributed by atoms with E-state index in [1.165, 1.54) is 67.7 Å². The number of anilines is 1. The van der Waals surface area contributed by atoms with Crippen LogP contribution in [0, 0.1) is 10.1 Å². The highest BCUT2D eigenvalue weighted by Crippen LogP contribution is 2.22. The average molecular weight is 507 g/mol. The third-order valence-electron chi connectivity index (χ3n) is 4.51. The Balaban J connectivity index is 1.66. The van der Waals surface area contributed by atoms with Gasteiger partial charge in [-0.1, -0.05) is 23.7 Å². The Labute approximate surface area is 210 Å². The molecular weight excluding hydrogens is 488 g/mol. The summed E-state index contributed by atoms with van der Waals surface area (Å²) < 4.78 is 5.33. The average Bonchev–Trinajstić information content (AvgIpc) is 2.84. The predicted octanol–water partition coefficient (Wildman–Crippen LogP) is 4.59. The van der Waals surface area contributed by atoms with E-state index in [1.54, 1.807) is 18.2 Å². The van der Waals surface area contributed by atoms with Gasteiger partial charge in [0.2, 0.25) is 5.91 Å². The van der Waals surface area contributed by atoms with Crippen LogP contribution in [0.25, 0.3) is 6.08 Å². The van der Waals surface area contributed by atoms with Crippen molar-refractivity contribution in [2.45, 2.75) is 6.92 Å². The van der Waals surface area contributed by atoms with Crippen LogP contribution in [0.4, 0.5) is 11.4 Å². The molecule has 0 heterocycles. The van der Waals surface area contributed by atoms with Crippen LogP contribution in [0.2, 0.25) is 5.02 Å². The summed E-state index contributed by atoms with van der Waals surface area (Å²) in [4.78, 5) is 46.0. The molecule has 182 valence electrons. The second kappa shape index (κ2) is 12.0. The van der Waals surface area contributed by atoms with E-state index in [9.17, 15) is 24.5 Å². The van der Waals surface area contributed by atoms with E-state index in [0.29, 0.717) is 27.4 Å². The molecule has 3 rings (SSSR count). The number of rotatable bonds is 8. The van der Waals surface area contributed by atoms with Crippen LogP contribution in [0.1, 0.15) is 28.4 Å². The van der Waals surface area contributed by atoms with E-state index in [0.717, 1.165) is 6.08 Å². The van der Waals surface area contributed by atoms with E-state index in [-0.39, 0.29) is 17.3 Å². The van der Waals surface area contributed by atoms with Gasteiger partial charge in [0.25, 0.3) is 11.6 Å². The molecule has 0 aromatic heterocycles. The van der Waals surface area contributed by atoms with Gasteiger partial charge in [-0.05, 0) is 54.1 Å². The molecule has 0 aliphatic carbocycles.